The summed E-state index contributed by atoms with van der Waals surface area (Å²) < 4.78 is 0. The molecule has 0 aliphatic carbocycles. The van der Waals surface area contributed by atoms with E-state index >= 15 is 0 Å². The summed E-state index contributed by atoms with van der Waals surface area (Å²) in [5.41, 5.74) is 4.59. The molecule has 1 unspecified atom stereocenters. The van der Waals surface area contributed by atoms with Crippen LogP contribution in [-0.2, 0) is 4.79 Å². The second-order valence-electron chi connectivity index (χ2n) is 5.19. The van der Waals surface area contributed by atoms with Gasteiger partial charge in [0.25, 0.3) is 0 Å². The summed E-state index contributed by atoms with van der Waals surface area (Å²) in [5, 5.41) is 8.86. The molecule has 102 valence electrons. The maximum absolute atomic E-state index is 10.8. The molecule has 1 atom stereocenters. The Morgan fingerprint density at radius 2 is 1.76 bits per heavy atom. The van der Waals surface area contributed by atoms with Crippen molar-refractivity contribution < 1.29 is 9.90 Å². The number of nitrogens with zero attached hydrogens (tertiary/aromatic N) is 1. The lowest BCUT2D eigenvalue weighted by Gasteiger charge is -2.20. The monoisotopic (exact) mass is 244 g/mol. The van der Waals surface area contributed by atoms with Gasteiger partial charge in [0.05, 0.1) is 0 Å². The Labute approximate surface area is 105 Å². The molecule has 0 amide bonds. The number of unbranched alkanes of at least 4 members (excludes halogenated alkanes) is 3. The van der Waals surface area contributed by atoms with Crippen LogP contribution in [0.3, 0.4) is 0 Å². The second kappa shape index (κ2) is 8.48. The van der Waals surface area contributed by atoms with Gasteiger partial charge in [-0.05, 0) is 52.7 Å². The molecule has 0 spiro atoms. The Morgan fingerprint density at radius 3 is 2.24 bits per heavy atom. The van der Waals surface area contributed by atoms with E-state index in [1.807, 2.05) is 0 Å². The maximum Gasteiger partial charge on any atom is 0.323 e. The molecular formula is C13H28N2O2. The Hall–Kier alpha value is -0.610. The van der Waals surface area contributed by atoms with E-state index in [1.165, 1.54) is 19.3 Å². The van der Waals surface area contributed by atoms with Gasteiger partial charge < -0.3 is 15.7 Å². The molecule has 0 saturated heterocycles. The van der Waals surface area contributed by atoms with Crippen LogP contribution in [0.15, 0.2) is 0 Å². The Morgan fingerprint density at radius 1 is 1.24 bits per heavy atom. The molecule has 0 radical (unpaired) electrons. The first-order valence-corrected chi connectivity index (χ1v) is 6.61. The van der Waals surface area contributed by atoms with Crippen molar-refractivity contribution in [3.8, 4) is 0 Å². The number of carbonyl (C=O) groups is 1. The minimum absolute atomic E-state index is 0.547. The summed E-state index contributed by atoms with van der Waals surface area (Å²) in [7, 11) is 2.12. The van der Waals surface area contributed by atoms with Gasteiger partial charge in [-0.25, -0.2) is 0 Å². The largest absolute Gasteiger partial charge is 0.480 e. The van der Waals surface area contributed by atoms with Crippen molar-refractivity contribution >= 4 is 5.97 Å². The summed E-state index contributed by atoms with van der Waals surface area (Å²) in [4.78, 5) is 13.1. The molecule has 0 aliphatic rings. The summed E-state index contributed by atoms with van der Waals surface area (Å²) in [6.07, 6.45) is 6.21. The third-order valence-electron chi connectivity index (χ3n) is 3.12. The molecule has 0 aliphatic heterocycles. The Balaban J connectivity index is 3.54. The van der Waals surface area contributed by atoms with Crippen molar-refractivity contribution in [2.45, 2.75) is 57.9 Å². The number of hydrogen-bond donors (Lipinski definition) is 2. The normalized spacial score (nSPS) is 14.9. The highest BCUT2D eigenvalue weighted by molar-refractivity contribution is 5.77. The van der Waals surface area contributed by atoms with Crippen LogP contribution in [0.2, 0.25) is 0 Å². The predicted molar refractivity (Wildman–Crippen MR) is 71.1 cm³/mol. The number of carboxylic acid groups (broad SMARTS) is 1. The first-order valence-electron chi connectivity index (χ1n) is 6.61. The van der Waals surface area contributed by atoms with Gasteiger partial charge in [-0.15, -0.1) is 0 Å². The molecule has 17 heavy (non-hydrogen) atoms. The highest BCUT2D eigenvalue weighted by atomic mass is 16.4. The molecule has 0 aromatic carbocycles. The van der Waals surface area contributed by atoms with E-state index in [4.69, 9.17) is 10.8 Å². The zero-order valence-electron chi connectivity index (χ0n) is 11.5. The van der Waals surface area contributed by atoms with Gasteiger partial charge in [-0.1, -0.05) is 19.8 Å². The summed E-state index contributed by atoms with van der Waals surface area (Å²) >= 11 is 0. The van der Waals surface area contributed by atoms with Crippen molar-refractivity contribution in [2.24, 2.45) is 5.73 Å². The third kappa shape index (κ3) is 8.16. The lowest BCUT2D eigenvalue weighted by Crippen LogP contribution is -2.44. The molecule has 4 heteroatoms. The summed E-state index contributed by atoms with van der Waals surface area (Å²) in [6.45, 7) is 5.94. The average Bonchev–Trinajstić information content (AvgIpc) is 2.24. The SMILES string of the molecule is CCCCCN(C)CCCCC(C)(N)C(=O)O. The smallest absolute Gasteiger partial charge is 0.323 e. The van der Waals surface area contributed by atoms with Crippen molar-refractivity contribution in [1.82, 2.24) is 4.90 Å². The molecule has 0 heterocycles. The van der Waals surface area contributed by atoms with Crippen molar-refractivity contribution in [2.75, 3.05) is 20.1 Å². The van der Waals surface area contributed by atoms with Gasteiger partial charge in [0.1, 0.15) is 5.54 Å². The number of hydrogen-bond acceptors (Lipinski definition) is 3. The van der Waals surface area contributed by atoms with Crippen LogP contribution in [0.25, 0.3) is 0 Å². The van der Waals surface area contributed by atoms with Crippen LogP contribution in [0.5, 0.6) is 0 Å². The van der Waals surface area contributed by atoms with E-state index in [0.717, 1.165) is 25.9 Å². The van der Waals surface area contributed by atoms with E-state index in [9.17, 15) is 4.79 Å². The minimum atomic E-state index is -1.07. The molecule has 0 aromatic rings. The van der Waals surface area contributed by atoms with Gasteiger partial charge in [-0.3, -0.25) is 4.79 Å². The highest BCUT2D eigenvalue weighted by Gasteiger charge is 2.26. The van der Waals surface area contributed by atoms with Gasteiger partial charge in [0, 0.05) is 0 Å². The number of carboxylic acids is 1. The number of nitrogens with two attached hydrogens (primary N) is 1. The van der Waals surface area contributed by atoms with Crippen LogP contribution in [-0.4, -0.2) is 41.7 Å². The van der Waals surface area contributed by atoms with Crippen LogP contribution >= 0.6 is 0 Å². The van der Waals surface area contributed by atoms with Crippen molar-refractivity contribution in [1.29, 1.82) is 0 Å². The molecule has 0 saturated carbocycles. The van der Waals surface area contributed by atoms with Gasteiger partial charge in [0.2, 0.25) is 0 Å². The Kier molecular flexibility index (Phi) is 8.17. The zero-order valence-corrected chi connectivity index (χ0v) is 11.5. The molecule has 0 rings (SSSR count). The van der Waals surface area contributed by atoms with Crippen LogP contribution in [0.1, 0.15) is 52.4 Å². The average molecular weight is 244 g/mol. The minimum Gasteiger partial charge on any atom is -0.480 e. The van der Waals surface area contributed by atoms with Crippen LogP contribution < -0.4 is 5.73 Å². The van der Waals surface area contributed by atoms with Gasteiger partial charge in [-0.2, -0.15) is 0 Å². The zero-order chi connectivity index (χ0) is 13.3. The van der Waals surface area contributed by atoms with Crippen molar-refractivity contribution in [3.05, 3.63) is 0 Å². The van der Waals surface area contributed by atoms with Crippen molar-refractivity contribution in [3.63, 3.8) is 0 Å². The second-order valence-corrected chi connectivity index (χ2v) is 5.19. The van der Waals surface area contributed by atoms with Crippen LogP contribution in [0.4, 0.5) is 0 Å². The fourth-order valence-corrected chi connectivity index (χ4v) is 1.72. The molecular weight excluding hydrogens is 216 g/mol. The third-order valence-corrected chi connectivity index (χ3v) is 3.12. The van der Waals surface area contributed by atoms with E-state index in [-0.39, 0.29) is 0 Å². The first-order chi connectivity index (χ1) is 7.90. The van der Waals surface area contributed by atoms with E-state index < -0.39 is 11.5 Å². The molecule has 3 N–H and O–H groups in total. The highest BCUT2D eigenvalue weighted by Crippen LogP contribution is 2.11. The van der Waals surface area contributed by atoms with E-state index in [0.29, 0.717) is 6.42 Å². The van der Waals surface area contributed by atoms with E-state index in [2.05, 4.69) is 18.9 Å². The lowest BCUT2D eigenvalue weighted by molar-refractivity contribution is -0.142. The molecule has 0 bridgehead atoms. The first kappa shape index (κ1) is 16.4. The van der Waals surface area contributed by atoms with Gasteiger partial charge >= 0.3 is 5.97 Å². The molecule has 0 fully saturated rings. The summed E-state index contributed by atoms with van der Waals surface area (Å²) in [5.74, 6) is -0.909. The maximum atomic E-state index is 10.8. The summed E-state index contributed by atoms with van der Waals surface area (Å²) in [6, 6.07) is 0. The predicted octanol–water partition coefficient (Wildman–Crippen LogP) is 2.08. The fourth-order valence-electron chi connectivity index (χ4n) is 1.72. The number of aliphatic carboxylic acids is 1. The Bertz CT molecular complexity index is 217. The van der Waals surface area contributed by atoms with Crippen LogP contribution in [0, 0.1) is 0 Å². The quantitative estimate of drug-likeness (QED) is 0.577. The molecule has 0 aromatic heterocycles. The molecule has 4 nitrogen and oxygen atoms in total. The van der Waals surface area contributed by atoms with Gasteiger partial charge in [0.15, 0.2) is 0 Å². The number of rotatable bonds is 10. The van der Waals surface area contributed by atoms with E-state index in [1.54, 1.807) is 6.92 Å². The lowest BCUT2D eigenvalue weighted by atomic mass is 9.96. The topological polar surface area (TPSA) is 66.6 Å². The standard InChI is InChI=1S/C13H28N2O2/c1-4-5-7-10-15(3)11-8-6-9-13(2,14)12(16)17/h4-11,14H2,1-3H3,(H,16,17). The fraction of sp³-hybridized carbons (Fsp3) is 0.923.